The number of amides is 1. The maximum absolute atomic E-state index is 11.5. The molecule has 0 saturated carbocycles. The van der Waals surface area contributed by atoms with Crippen molar-refractivity contribution in [2.45, 2.75) is 31.8 Å². The highest BCUT2D eigenvalue weighted by atomic mass is 79.9. The number of rotatable bonds is 4. The van der Waals surface area contributed by atoms with E-state index in [1.54, 1.807) is 4.90 Å². The molecule has 1 aliphatic rings. The fourth-order valence-corrected chi connectivity index (χ4v) is 1.97. The van der Waals surface area contributed by atoms with Gasteiger partial charge in [-0.3, -0.25) is 4.79 Å². The lowest BCUT2D eigenvalue weighted by atomic mass is 10.1. The van der Waals surface area contributed by atoms with Gasteiger partial charge in [0.15, 0.2) is 0 Å². The van der Waals surface area contributed by atoms with Crippen LogP contribution in [0.25, 0.3) is 0 Å². The molecule has 0 radical (unpaired) electrons. The summed E-state index contributed by atoms with van der Waals surface area (Å²) in [5, 5.41) is 0.738. The van der Waals surface area contributed by atoms with Crippen LogP contribution in [-0.4, -0.2) is 42.4 Å². The lowest BCUT2D eigenvalue weighted by molar-refractivity contribution is -0.131. The second-order valence-electron chi connectivity index (χ2n) is 3.70. The van der Waals surface area contributed by atoms with E-state index in [2.05, 4.69) is 15.9 Å². The van der Waals surface area contributed by atoms with Gasteiger partial charge in [0.25, 0.3) is 0 Å². The molecule has 82 valence electrons. The fourth-order valence-electron chi connectivity index (χ4n) is 1.63. The monoisotopic (exact) mass is 263 g/mol. The maximum atomic E-state index is 11.5. The third-order valence-corrected chi connectivity index (χ3v) is 2.88. The van der Waals surface area contributed by atoms with Gasteiger partial charge < -0.3 is 9.64 Å². The fraction of sp³-hybridized carbons (Fsp3) is 0.900. The lowest BCUT2D eigenvalue weighted by Crippen LogP contribution is -2.37. The van der Waals surface area contributed by atoms with Crippen LogP contribution in [0.4, 0.5) is 0 Å². The van der Waals surface area contributed by atoms with E-state index in [0.29, 0.717) is 6.42 Å². The molecule has 1 atom stereocenters. The van der Waals surface area contributed by atoms with Crippen molar-refractivity contribution >= 4 is 21.8 Å². The molecule has 1 aliphatic heterocycles. The zero-order valence-corrected chi connectivity index (χ0v) is 10.3. The molecule has 1 rings (SSSR count). The molecule has 0 aromatic heterocycles. The Kier molecular flexibility index (Phi) is 5.48. The van der Waals surface area contributed by atoms with Gasteiger partial charge in [0, 0.05) is 32.0 Å². The standard InChI is InChI=1S/C10H18BrNO2/c1-12(10(13)5-6-11)8-9-4-2-3-7-14-9/h9H,2-8H2,1H3. The SMILES string of the molecule is CN(CC1CCCCO1)C(=O)CCBr. The number of hydrogen-bond acceptors (Lipinski definition) is 2. The van der Waals surface area contributed by atoms with Crippen molar-refractivity contribution in [3.63, 3.8) is 0 Å². The summed E-state index contributed by atoms with van der Waals surface area (Å²) in [6.07, 6.45) is 4.31. The number of ether oxygens (including phenoxy) is 1. The molecule has 1 saturated heterocycles. The number of nitrogens with zero attached hydrogens (tertiary/aromatic N) is 1. The van der Waals surface area contributed by atoms with Crippen LogP contribution in [0.5, 0.6) is 0 Å². The van der Waals surface area contributed by atoms with Crippen LogP contribution in [-0.2, 0) is 9.53 Å². The van der Waals surface area contributed by atoms with Crippen molar-refractivity contribution in [3.8, 4) is 0 Å². The topological polar surface area (TPSA) is 29.5 Å². The summed E-state index contributed by atoms with van der Waals surface area (Å²) in [5.41, 5.74) is 0. The van der Waals surface area contributed by atoms with E-state index in [4.69, 9.17) is 4.74 Å². The Balaban J connectivity index is 2.24. The van der Waals surface area contributed by atoms with Gasteiger partial charge in [-0.15, -0.1) is 0 Å². The van der Waals surface area contributed by atoms with Crippen molar-refractivity contribution in [1.82, 2.24) is 4.90 Å². The Morgan fingerprint density at radius 3 is 2.93 bits per heavy atom. The van der Waals surface area contributed by atoms with E-state index in [1.165, 1.54) is 6.42 Å². The molecule has 1 fully saturated rings. The molecule has 0 aromatic carbocycles. The Bertz CT molecular complexity index is 181. The predicted molar refractivity (Wildman–Crippen MR) is 59.6 cm³/mol. The molecule has 0 N–H and O–H groups in total. The number of hydrogen-bond donors (Lipinski definition) is 0. The zero-order valence-electron chi connectivity index (χ0n) is 8.67. The Hall–Kier alpha value is -0.0900. The molecule has 0 aliphatic carbocycles. The third-order valence-electron chi connectivity index (χ3n) is 2.49. The van der Waals surface area contributed by atoms with Gasteiger partial charge in [0.05, 0.1) is 6.10 Å². The minimum absolute atomic E-state index is 0.191. The van der Waals surface area contributed by atoms with Crippen LogP contribution in [0.3, 0.4) is 0 Å². The minimum Gasteiger partial charge on any atom is -0.376 e. The number of halogens is 1. The Labute approximate surface area is 93.9 Å². The first kappa shape index (κ1) is 12.0. The summed E-state index contributed by atoms with van der Waals surface area (Å²) < 4.78 is 5.57. The van der Waals surface area contributed by atoms with Gasteiger partial charge in [-0.1, -0.05) is 15.9 Å². The van der Waals surface area contributed by atoms with Gasteiger partial charge in [-0.05, 0) is 19.3 Å². The summed E-state index contributed by atoms with van der Waals surface area (Å²) in [7, 11) is 1.85. The lowest BCUT2D eigenvalue weighted by Gasteiger charge is -2.27. The van der Waals surface area contributed by atoms with E-state index in [0.717, 1.165) is 31.3 Å². The first-order valence-corrected chi connectivity index (χ1v) is 6.27. The number of carbonyl (C=O) groups is 1. The van der Waals surface area contributed by atoms with Gasteiger partial charge >= 0.3 is 0 Å². The average molecular weight is 264 g/mol. The van der Waals surface area contributed by atoms with Crippen LogP contribution < -0.4 is 0 Å². The summed E-state index contributed by atoms with van der Waals surface area (Å²) in [4.78, 5) is 13.2. The van der Waals surface area contributed by atoms with Crippen molar-refractivity contribution in [2.24, 2.45) is 0 Å². The normalized spacial score (nSPS) is 22.0. The van der Waals surface area contributed by atoms with Gasteiger partial charge in [-0.2, -0.15) is 0 Å². The zero-order chi connectivity index (χ0) is 10.4. The first-order valence-electron chi connectivity index (χ1n) is 5.15. The Morgan fingerprint density at radius 1 is 1.57 bits per heavy atom. The highest BCUT2D eigenvalue weighted by Crippen LogP contribution is 2.13. The molecule has 4 heteroatoms. The van der Waals surface area contributed by atoms with Crippen molar-refractivity contribution in [2.75, 3.05) is 25.5 Å². The van der Waals surface area contributed by atoms with Crippen LogP contribution >= 0.6 is 15.9 Å². The predicted octanol–water partition coefficient (Wildman–Crippen LogP) is 1.80. The van der Waals surface area contributed by atoms with Crippen LogP contribution in [0, 0.1) is 0 Å². The number of carbonyl (C=O) groups excluding carboxylic acids is 1. The summed E-state index contributed by atoms with van der Waals surface area (Å²) in [6, 6.07) is 0. The van der Waals surface area contributed by atoms with Gasteiger partial charge in [0.2, 0.25) is 5.91 Å². The van der Waals surface area contributed by atoms with Crippen molar-refractivity contribution in [1.29, 1.82) is 0 Å². The molecule has 1 unspecified atom stereocenters. The van der Waals surface area contributed by atoms with E-state index in [1.807, 2.05) is 7.05 Å². The molecule has 1 heterocycles. The van der Waals surface area contributed by atoms with E-state index in [-0.39, 0.29) is 12.0 Å². The molecular weight excluding hydrogens is 246 g/mol. The molecule has 1 amide bonds. The second kappa shape index (κ2) is 6.40. The second-order valence-corrected chi connectivity index (χ2v) is 4.49. The van der Waals surface area contributed by atoms with Crippen LogP contribution in [0.15, 0.2) is 0 Å². The quantitative estimate of drug-likeness (QED) is 0.725. The van der Waals surface area contributed by atoms with Crippen molar-refractivity contribution < 1.29 is 9.53 Å². The molecule has 0 bridgehead atoms. The van der Waals surface area contributed by atoms with Crippen LogP contribution in [0.1, 0.15) is 25.7 Å². The molecule has 14 heavy (non-hydrogen) atoms. The smallest absolute Gasteiger partial charge is 0.223 e. The molecular formula is C10H18BrNO2. The third kappa shape index (κ3) is 3.96. The summed E-state index contributed by atoms with van der Waals surface area (Å²) >= 11 is 3.26. The number of alkyl halides is 1. The van der Waals surface area contributed by atoms with Gasteiger partial charge in [0.1, 0.15) is 0 Å². The molecule has 0 spiro atoms. The largest absolute Gasteiger partial charge is 0.376 e. The molecule has 0 aromatic rings. The minimum atomic E-state index is 0.191. The Morgan fingerprint density at radius 2 is 2.36 bits per heavy atom. The molecule has 3 nitrogen and oxygen atoms in total. The highest BCUT2D eigenvalue weighted by Gasteiger charge is 2.18. The highest BCUT2D eigenvalue weighted by molar-refractivity contribution is 9.09. The first-order chi connectivity index (χ1) is 6.74. The van der Waals surface area contributed by atoms with E-state index >= 15 is 0 Å². The van der Waals surface area contributed by atoms with Gasteiger partial charge in [-0.25, -0.2) is 0 Å². The van der Waals surface area contributed by atoms with E-state index < -0.39 is 0 Å². The van der Waals surface area contributed by atoms with E-state index in [9.17, 15) is 4.79 Å². The van der Waals surface area contributed by atoms with Crippen molar-refractivity contribution in [3.05, 3.63) is 0 Å². The summed E-state index contributed by atoms with van der Waals surface area (Å²) in [6.45, 7) is 1.59. The maximum Gasteiger partial charge on any atom is 0.223 e. The average Bonchev–Trinajstić information content (AvgIpc) is 2.19. The number of likely N-dealkylation sites (N-methyl/N-ethyl adjacent to an activating group) is 1. The van der Waals surface area contributed by atoms with Crippen LogP contribution in [0.2, 0.25) is 0 Å². The summed E-state index contributed by atoms with van der Waals surface area (Å²) in [5.74, 6) is 0.191.